The topological polar surface area (TPSA) is 29.3 Å². The molecule has 2 aliphatic rings. The number of hydrogen-bond acceptors (Lipinski definition) is 2. The van der Waals surface area contributed by atoms with Crippen LogP contribution in [-0.4, -0.2) is 30.1 Å². The first-order valence-electron chi connectivity index (χ1n) is 5.37. The fraction of sp³-hybridized carbons (Fsp3) is 1.00. The lowest BCUT2D eigenvalue weighted by Crippen LogP contribution is -2.41. The maximum atomic E-state index is 5.75. The Morgan fingerprint density at radius 2 is 1.83 bits per heavy atom. The van der Waals surface area contributed by atoms with Crippen LogP contribution in [0.5, 0.6) is 0 Å². The zero-order valence-corrected chi connectivity index (χ0v) is 7.84. The maximum Gasteiger partial charge on any atom is 0.0221 e. The summed E-state index contributed by atoms with van der Waals surface area (Å²) in [5.41, 5.74) is 5.75. The molecule has 0 aromatic carbocycles. The summed E-state index contributed by atoms with van der Waals surface area (Å²) in [6.07, 6.45) is 8.45. The zero-order valence-electron chi connectivity index (χ0n) is 7.84. The Morgan fingerprint density at radius 1 is 1.08 bits per heavy atom. The highest BCUT2D eigenvalue weighted by molar-refractivity contribution is 4.87. The van der Waals surface area contributed by atoms with Crippen molar-refractivity contribution in [1.82, 2.24) is 4.90 Å². The Kier molecular flexibility index (Phi) is 2.66. The summed E-state index contributed by atoms with van der Waals surface area (Å²) >= 11 is 0. The van der Waals surface area contributed by atoms with Crippen molar-refractivity contribution in [2.24, 2.45) is 5.73 Å². The summed E-state index contributed by atoms with van der Waals surface area (Å²) in [5, 5.41) is 0. The van der Waals surface area contributed by atoms with Gasteiger partial charge in [0.1, 0.15) is 0 Å². The van der Waals surface area contributed by atoms with Crippen molar-refractivity contribution in [1.29, 1.82) is 0 Å². The lowest BCUT2D eigenvalue weighted by molar-refractivity contribution is 0.185. The highest BCUT2D eigenvalue weighted by atomic mass is 15.2. The van der Waals surface area contributed by atoms with Crippen LogP contribution in [0.3, 0.4) is 0 Å². The Labute approximate surface area is 75.1 Å². The molecule has 1 saturated carbocycles. The molecule has 1 atom stereocenters. The zero-order chi connectivity index (χ0) is 8.39. The Morgan fingerprint density at radius 3 is 2.50 bits per heavy atom. The quantitative estimate of drug-likeness (QED) is 0.674. The van der Waals surface area contributed by atoms with Gasteiger partial charge >= 0.3 is 0 Å². The predicted octanol–water partition coefficient (Wildman–Crippen LogP) is 1.35. The summed E-state index contributed by atoms with van der Waals surface area (Å²) in [4.78, 5) is 2.67. The van der Waals surface area contributed by atoms with Gasteiger partial charge in [-0.1, -0.05) is 12.8 Å². The van der Waals surface area contributed by atoms with Crippen molar-refractivity contribution in [2.45, 2.75) is 50.6 Å². The molecule has 1 aliphatic heterocycles. The lowest BCUT2D eigenvalue weighted by atomic mass is 10.1. The molecule has 0 bridgehead atoms. The van der Waals surface area contributed by atoms with Gasteiger partial charge in [0.05, 0.1) is 0 Å². The molecule has 1 saturated heterocycles. The van der Waals surface area contributed by atoms with Crippen LogP contribution >= 0.6 is 0 Å². The molecular formula is C10H20N2. The van der Waals surface area contributed by atoms with Gasteiger partial charge in [-0.15, -0.1) is 0 Å². The summed E-state index contributed by atoms with van der Waals surface area (Å²) in [7, 11) is 0. The molecule has 0 spiro atoms. The Bertz CT molecular complexity index is 141. The number of rotatable bonds is 2. The van der Waals surface area contributed by atoms with E-state index in [0.717, 1.165) is 12.6 Å². The molecule has 0 radical (unpaired) electrons. The molecular weight excluding hydrogens is 148 g/mol. The van der Waals surface area contributed by atoms with Gasteiger partial charge in [-0.05, 0) is 32.2 Å². The van der Waals surface area contributed by atoms with Crippen molar-refractivity contribution in [2.75, 3.05) is 13.1 Å². The molecule has 2 fully saturated rings. The number of nitrogens with two attached hydrogens (primary N) is 1. The molecule has 1 heterocycles. The maximum absolute atomic E-state index is 5.75. The Balaban J connectivity index is 1.92. The van der Waals surface area contributed by atoms with Crippen molar-refractivity contribution in [3.8, 4) is 0 Å². The van der Waals surface area contributed by atoms with E-state index in [4.69, 9.17) is 5.73 Å². The van der Waals surface area contributed by atoms with Crippen molar-refractivity contribution >= 4 is 0 Å². The third-order valence-corrected chi connectivity index (χ3v) is 3.49. The summed E-state index contributed by atoms with van der Waals surface area (Å²) in [5.74, 6) is 0. The summed E-state index contributed by atoms with van der Waals surface area (Å²) < 4.78 is 0. The van der Waals surface area contributed by atoms with E-state index in [1.807, 2.05) is 0 Å². The van der Waals surface area contributed by atoms with E-state index in [9.17, 15) is 0 Å². The standard InChI is InChI=1S/C10H20N2/c11-8-10-6-3-7-12(10)9-4-1-2-5-9/h9-10H,1-8,11H2. The van der Waals surface area contributed by atoms with Crippen LogP contribution in [0.15, 0.2) is 0 Å². The van der Waals surface area contributed by atoms with Gasteiger partial charge in [-0.2, -0.15) is 0 Å². The summed E-state index contributed by atoms with van der Waals surface area (Å²) in [6.45, 7) is 2.18. The Hall–Kier alpha value is -0.0800. The highest BCUT2D eigenvalue weighted by Gasteiger charge is 2.30. The van der Waals surface area contributed by atoms with Crippen molar-refractivity contribution in [3.05, 3.63) is 0 Å². The van der Waals surface area contributed by atoms with Crippen molar-refractivity contribution in [3.63, 3.8) is 0 Å². The minimum absolute atomic E-state index is 0.716. The molecule has 1 aliphatic carbocycles. The first kappa shape index (κ1) is 8.52. The second-order valence-corrected chi connectivity index (χ2v) is 4.21. The summed E-state index contributed by atoms with van der Waals surface area (Å²) in [6, 6.07) is 1.61. The van der Waals surface area contributed by atoms with E-state index < -0.39 is 0 Å². The molecule has 0 aromatic heterocycles. The van der Waals surface area contributed by atoms with Crippen LogP contribution in [0.2, 0.25) is 0 Å². The molecule has 2 heteroatoms. The first-order valence-corrected chi connectivity index (χ1v) is 5.37. The van der Waals surface area contributed by atoms with Crippen LogP contribution < -0.4 is 5.73 Å². The fourth-order valence-corrected chi connectivity index (χ4v) is 2.83. The monoisotopic (exact) mass is 168 g/mol. The molecule has 2 N–H and O–H groups in total. The predicted molar refractivity (Wildman–Crippen MR) is 51.0 cm³/mol. The molecule has 0 amide bonds. The van der Waals surface area contributed by atoms with Gasteiger partial charge in [0, 0.05) is 18.6 Å². The normalized spacial score (nSPS) is 33.2. The lowest BCUT2D eigenvalue weighted by Gasteiger charge is -2.29. The van der Waals surface area contributed by atoms with Gasteiger partial charge in [0.15, 0.2) is 0 Å². The largest absolute Gasteiger partial charge is 0.329 e. The molecule has 0 aromatic rings. The molecule has 70 valence electrons. The number of nitrogens with zero attached hydrogens (tertiary/aromatic N) is 1. The van der Waals surface area contributed by atoms with Crippen LogP contribution in [0, 0.1) is 0 Å². The molecule has 12 heavy (non-hydrogen) atoms. The SMILES string of the molecule is NCC1CCCN1C1CCCC1. The van der Waals surface area contributed by atoms with Gasteiger partial charge in [0.2, 0.25) is 0 Å². The van der Waals surface area contributed by atoms with Crippen LogP contribution in [0.4, 0.5) is 0 Å². The third kappa shape index (κ3) is 1.50. The molecule has 1 unspecified atom stereocenters. The van der Waals surface area contributed by atoms with E-state index in [0.29, 0.717) is 6.04 Å². The molecule has 2 rings (SSSR count). The number of likely N-dealkylation sites (tertiary alicyclic amines) is 1. The van der Waals surface area contributed by atoms with Crippen LogP contribution in [0.1, 0.15) is 38.5 Å². The van der Waals surface area contributed by atoms with E-state index >= 15 is 0 Å². The van der Waals surface area contributed by atoms with Crippen LogP contribution in [0.25, 0.3) is 0 Å². The van der Waals surface area contributed by atoms with Gasteiger partial charge in [-0.25, -0.2) is 0 Å². The smallest absolute Gasteiger partial charge is 0.0221 e. The van der Waals surface area contributed by atoms with E-state index in [2.05, 4.69) is 4.90 Å². The van der Waals surface area contributed by atoms with E-state index in [1.165, 1.54) is 45.1 Å². The average molecular weight is 168 g/mol. The van der Waals surface area contributed by atoms with Gasteiger partial charge in [-0.3, -0.25) is 4.90 Å². The van der Waals surface area contributed by atoms with E-state index in [1.54, 1.807) is 0 Å². The van der Waals surface area contributed by atoms with Gasteiger partial charge < -0.3 is 5.73 Å². The minimum atomic E-state index is 0.716. The van der Waals surface area contributed by atoms with Crippen LogP contribution in [-0.2, 0) is 0 Å². The number of hydrogen-bond donors (Lipinski definition) is 1. The fourth-order valence-electron chi connectivity index (χ4n) is 2.83. The minimum Gasteiger partial charge on any atom is -0.329 e. The first-order chi connectivity index (χ1) is 5.92. The highest BCUT2D eigenvalue weighted by Crippen LogP contribution is 2.29. The molecule has 2 nitrogen and oxygen atoms in total. The van der Waals surface area contributed by atoms with Gasteiger partial charge in [0.25, 0.3) is 0 Å². The van der Waals surface area contributed by atoms with E-state index in [-0.39, 0.29) is 0 Å². The second-order valence-electron chi connectivity index (χ2n) is 4.21. The third-order valence-electron chi connectivity index (χ3n) is 3.49. The van der Waals surface area contributed by atoms with Crippen molar-refractivity contribution < 1.29 is 0 Å². The second kappa shape index (κ2) is 3.75. The average Bonchev–Trinajstić information content (AvgIpc) is 2.74.